The average molecular weight is 286 g/mol. The summed E-state index contributed by atoms with van der Waals surface area (Å²) in [6, 6.07) is 11.5. The third kappa shape index (κ3) is 3.62. The summed E-state index contributed by atoms with van der Waals surface area (Å²) in [6.45, 7) is 0.724. The van der Waals surface area contributed by atoms with Gasteiger partial charge in [0.25, 0.3) is 0 Å². The highest BCUT2D eigenvalue weighted by Gasteiger charge is 2.06. The minimum absolute atomic E-state index is 0.00278. The molecule has 0 aliphatic heterocycles. The monoisotopic (exact) mass is 286 g/mol. The standard InChI is InChI=1S/C15H18N4O2/c1-19(10-11-4-3-5-13(8-11)21-2)12-6-7-14(17-9-12)15(16)18-20/h3-9,20H,10H2,1-2H3,(H2,16,18). The molecule has 0 radical (unpaired) electrons. The fourth-order valence-corrected chi connectivity index (χ4v) is 1.95. The lowest BCUT2D eigenvalue weighted by molar-refractivity contribution is 0.318. The van der Waals surface area contributed by atoms with Gasteiger partial charge in [0.2, 0.25) is 0 Å². The quantitative estimate of drug-likeness (QED) is 0.379. The van der Waals surface area contributed by atoms with Gasteiger partial charge in [0.05, 0.1) is 19.0 Å². The molecule has 1 aromatic heterocycles. The second kappa shape index (κ2) is 6.60. The molecule has 0 amide bonds. The van der Waals surface area contributed by atoms with Crippen LogP contribution in [0.25, 0.3) is 0 Å². The summed E-state index contributed by atoms with van der Waals surface area (Å²) < 4.78 is 5.21. The Kier molecular flexibility index (Phi) is 4.61. The largest absolute Gasteiger partial charge is 0.497 e. The number of benzene rings is 1. The van der Waals surface area contributed by atoms with Gasteiger partial charge in [0, 0.05) is 13.6 Å². The Morgan fingerprint density at radius 2 is 2.19 bits per heavy atom. The summed E-state index contributed by atoms with van der Waals surface area (Å²) in [7, 11) is 3.62. The zero-order chi connectivity index (χ0) is 15.2. The van der Waals surface area contributed by atoms with Gasteiger partial charge in [-0.1, -0.05) is 17.3 Å². The summed E-state index contributed by atoms with van der Waals surface area (Å²) in [4.78, 5) is 6.22. The van der Waals surface area contributed by atoms with Crippen molar-refractivity contribution in [2.45, 2.75) is 6.54 Å². The van der Waals surface area contributed by atoms with Gasteiger partial charge >= 0.3 is 0 Å². The lowest BCUT2D eigenvalue weighted by atomic mass is 10.2. The van der Waals surface area contributed by atoms with Crippen molar-refractivity contribution in [2.24, 2.45) is 10.9 Å². The molecule has 1 heterocycles. The number of oxime groups is 1. The van der Waals surface area contributed by atoms with Crippen molar-refractivity contribution >= 4 is 11.5 Å². The van der Waals surface area contributed by atoms with Gasteiger partial charge in [-0.2, -0.15) is 0 Å². The molecule has 1 aromatic carbocycles. The summed E-state index contributed by atoms with van der Waals surface area (Å²) >= 11 is 0. The lowest BCUT2D eigenvalue weighted by Crippen LogP contribution is -2.18. The van der Waals surface area contributed by atoms with E-state index in [4.69, 9.17) is 15.7 Å². The van der Waals surface area contributed by atoms with Gasteiger partial charge in [-0.3, -0.25) is 4.98 Å². The molecule has 0 spiro atoms. The van der Waals surface area contributed by atoms with Crippen molar-refractivity contribution in [3.8, 4) is 5.75 Å². The molecule has 0 aliphatic carbocycles. The first-order chi connectivity index (χ1) is 10.1. The van der Waals surface area contributed by atoms with E-state index in [-0.39, 0.29) is 5.84 Å². The van der Waals surface area contributed by atoms with E-state index >= 15 is 0 Å². The number of nitrogens with zero attached hydrogens (tertiary/aromatic N) is 3. The predicted molar refractivity (Wildman–Crippen MR) is 81.8 cm³/mol. The molecule has 21 heavy (non-hydrogen) atoms. The molecule has 0 unspecified atom stereocenters. The van der Waals surface area contributed by atoms with E-state index in [1.54, 1.807) is 19.4 Å². The smallest absolute Gasteiger partial charge is 0.188 e. The second-order valence-corrected chi connectivity index (χ2v) is 4.59. The number of amidine groups is 1. The SMILES string of the molecule is COc1cccc(CN(C)c2ccc(/C(N)=N/O)nc2)c1. The van der Waals surface area contributed by atoms with E-state index in [0.717, 1.165) is 23.5 Å². The van der Waals surface area contributed by atoms with Crippen LogP contribution in [0.15, 0.2) is 47.8 Å². The van der Waals surface area contributed by atoms with Gasteiger partial charge in [-0.25, -0.2) is 0 Å². The first-order valence-corrected chi connectivity index (χ1v) is 6.42. The van der Waals surface area contributed by atoms with Crippen molar-refractivity contribution in [1.82, 2.24) is 4.98 Å². The van der Waals surface area contributed by atoms with Crippen LogP contribution in [0.4, 0.5) is 5.69 Å². The van der Waals surface area contributed by atoms with Crippen molar-refractivity contribution in [1.29, 1.82) is 0 Å². The number of methoxy groups -OCH3 is 1. The fraction of sp³-hybridized carbons (Fsp3) is 0.200. The molecule has 2 rings (SSSR count). The number of nitrogens with two attached hydrogens (primary N) is 1. The Hall–Kier alpha value is -2.76. The number of hydrogen-bond acceptors (Lipinski definition) is 5. The highest BCUT2D eigenvalue weighted by atomic mass is 16.5. The number of aromatic nitrogens is 1. The Balaban J connectivity index is 2.10. The van der Waals surface area contributed by atoms with Gasteiger partial charge in [0.15, 0.2) is 5.84 Å². The van der Waals surface area contributed by atoms with E-state index in [2.05, 4.69) is 15.0 Å². The van der Waals surface area contributed by atoms with E-state index in [1.807, 2.05) is 37.4 Å². The molecule has 6 nitrogen and oxygen atoms in total. The molecule has 6 heteroatoms. The highest BCUT2D eigenvalue weighted by molar-refractivity contribution is 5.95. The predicted octanol–water partition coefficient (Wildman–Crippen LogP) is 1.82. The molecule has 0 saturated carbocycles. The summed E-state index contributed by atoms with van der Waals surface area (Å²) in [5, 5.41) is 11.5. The molecule has 0 aliphatic rings. The van der Waals surface area contributed by atoms with Crippen LogP contribution >= 0.6 is 0 Å². The van der Waals surface area contributed by atoms with Crippen LogP contribution in [0.3, 0.4) is 0 Å². The first-order valence-electron chi connectivity index (χ1n) is 6.42. The molecule has 3 N–H and O–H groups in total. The van der Waals surface area contributed by atoms with Gasteiger partial charge in [-0.05, 0) is 29.8 Å². The number of pyridine rings is 1. The van der Waals surface area contributed by atoms with Crippen molar-refractivity contribution in [3.05, 3.63) is 53.9 Å². The Morgan fingerprint density at radius 3 is 2.81 bits per heavy atom. The maximum atomic E-state index is 8.61. The zero-order valence-corrected chi connectivity index (χ0v) is 12.0. The molecular weight excluding hydrogens is 268 g/mol. The third-order valence-corrected chi connectivity index (χ3v) is 3.11. The summed E-state index contributed by atoms with van der Waals surface area (Å²) in [5.74, 6) is 0.832. The Bertz CT molecular complexity index is 626. The summed E-state index contributed by atoms with van der Waals surface area (Å²) in [5.41, 5.74) is 8.00. The van der Waals surface area contributed by atoms with Crippen LogP contribution in [0, 0.1) is 0 Å². The molecule has 0 atom stereocenters. The first kappa shape index (κ1) is 14.6. The Morgan fingerprint density at radius 1 is 1.38 bits per heavy atom. The molecule has 110 valence electrons. The fourth-order valence-electron chi connectivity index (χ4n) is 1.95. The summed E-state index contributed by atoms with van der Waals surface area (Å²) in [6.07, 6.45) is 1.69. The lowest BCUT2D eigenvalue weighted by Gasteiger charge is -2.19. The molecule has 0 saturated heterocycles. The van der Waals surface area contributed by atoms with Crippen LogP contribution in [-0.4, -0.2) is 30.2 Å². The number of ether oxygens (including phenoxy) is 1. The normalized spacial score (nSPS) is 11.2. The van der Waals surface area contributed by atoms with Crippen LogP contribution < -0.4 is 15.4 Å². The maximum Gasteiger partial charge on any atom is 0.188 e. The van der Waals surface area contributed by atoms with Crippen molar-refractivity contribution < 1.29 is 9.94 Å². The number of rotatable bonds is 5. The molecule has 0 bridgehead atoms. The van der Waals surface area contributed by atoms with Crippen molar-refractivity contribution in [2.75, 3.05) is 19.1 Å². The van der Waals surface area contributed by atoms with Gasteiger partial charge in [-0.15, -0.1) is 0 Å². The van der Waals surface area contributed by atoms with Gasteiger partial charge in [0.1, 0.15) is 11.4 Å². The Labute approximate surface area is 123 Å². The number of anilines is 1. The molecule has 0 fully saturated rings. The van der Waals surface area contributed by atoms with Crippen LogP contribution in [0.2, 0.25) is 0 Å². The van der Waals surface area contributed by atoms with Crippen molar-refractivity contribution in [3.63, 3.8) is 0 Å². The van der Waals surface area contributed by atoms with Crippen LogP contribution in [0.5, 0.6) is 5.75 Å². The average Bonchev–Trinajstić information content (AvgIpc) is 2.54. The zero-order valence-electron chi connectivity index (χ0n) is 12.0. The van der Waals surface area contributed by atoms with E-state index in [1.165, 1.54) is 0 Å². The van der Waals surface area contributed by atoms with Crippen LogP contribution in [0.1, 0.15) is 11.3 Å². The molecular formula is C15H18N4O2. The highest BCUT2D eigenvalue weighted by Crippen LogP contribution is 2.18. The van der Waals surface area contributed by atoms with Crippen LogP contribution in [-0.2, 0) is 6.54 Å². The minimum Gasteiger partial charge on any atom is -0.497 e. The second-order valence-electron chi connectivity index (χ2n) is 4.59. The topological polar surface area (TPSA) is 84.0 Å². The van der Waals surface area contributed by atoms with E-state index < -0.39 is 0 Å². The van der Waals surface area contributed by atoms with E-state index in [9.17, 15) is 0 Å². The minimum atomic E-state index is -0.00278. The molecule has 2 aromatic rings. The number of hydrogen-bond donors (Lipinski definition) is 2. The van der Waals surface area contributed by atoms with Gasteiger partial charge < -0.3 is 20.6 Å². The maximum absolute atomic E-state index is 8.61. The third-order valence-electron chi connectivity index (χ3n) is 3.11. The van der Waals surface area contributed by atoms with E-state index in [0.29, 0.717) is 5.69 Å².